The van der Waals surface area contributed by atoms with E-state index in [2.05, 4.69) is 16.5 Å². The van der Waals surface area contributed by atoms with Gasteiger partial charge in [0.1, 0.15) is 29.7 Å². The number of nitrogens with one attached hydrogen (secondary N) is 1. The molecule has 1 amide bonds. The molecule has 0 radical (unpaired) electrons. The van der Waals surface area contributed by atoms with E-state index < -0.39 is 8.38 Å². The molecule has 8 nitrogen and oxygen atoms in total. The van der Waals surface area contributed by atoms with Gasteiger partial charge in [-0.05, 0) is 32.9 Å². The summed E-state index contributed by atoms with van der Waals surface area (Å²) < 4.78 is 21.7. The second-order valence-electron chi connectivity index (χ2n) is 5.71. The topological polar surface area (TPSA) is 107 Å². The highest BCUT2D eigenvalue weighted by molar-refractivity contribution is 7.47. The number of ether oxygens (including phenoxy) is 1. The van der Waals surface area contributed by atoms with Gasteiger partial charge in [0.05, 0.1) is 25.0 Å². The van der Waals surface area contributed by atoms with Gasteiger partial charge in [-0.1, -0.05) is 17.3 Å². The molecule has 1 aromatic carbocycles. The minimum absolute atomic E-state index is 0.276. The SMILES string of the molecule is CCOP(C/C=C/COc1cc(NC(=O)c2cnoc2C)ccc1C#N)OCC. The highest BCUT2D eigenvalue weighted by atomic mass is 31.2. The molecular weight excluding hydrogens is 393 g/mol. The summed E-state index contributed by atoms with van der Waals surface area (Å²) in [4.78, 5) is 12.3. The van der Waals surface area contributed by atoms with Crippen molar-refractivity contribution < 1.29 is 23.1 Å². The monoisotopic (exact) mass is 417 g/mol. The lowest BCUT2D eigenvalue weighted by atomic mass is 10.2. The van der Waals surface area contributed by atoms with Gasteiger partial charge < -0.3 is 23.6 Å². The standard InChI is InChI=1S/C20H24N3O5P/c1-4-26-29(27-5-2)11-7-6-10-25-19-12-17(9-8-16(19)13-21)23-20(24)18-14-22-28-15(18)3/h6-9,12,14H,4-5,10-11H2,1-3H3,(H,23,24)/b7-6+. The molecule has 0 atom stereocenters. The number of hydrogen-bond acceptors (Lipinski definition) is 7. The number of aromatic nitrogens is 1. The fourth-order valence-electron chi connectivity index (χ4n) is 2.32. The third-order valence-electron chi connectivity index (χ3n) is 3.66. The molecule has 0 unspecified atom stereocenters. The molecule has 1 heterocycles. The molecule has 1 aromatic heterocycles. The number of amides is 1. The average molecular weight is 417 g/mol. The number of carbonyl (C=O) groups is 1. The first-order valence-electron chi connectivity index (χ1n) is 9.16. The van der Waals surface area contributed by atoms with Crippen LogP contribution in [-0.2, 0) is 9.05 Å². The van der Waals surface area contributed by atoms with E-state index in [0.717, 1.165) is 0 Å². The molecule has 0 aliphatic heterocycles. The quantitative estimate of drug-likeness (QED) is 0.426. The smallest absolute Gasteiger partial charge is 0.260 e. The maximum atomic E-state index is 12.3. The van der Waals surface area contributed by atoms with Crippen molar-refractivity contribution in [3.8, 4) is 11.8 Å². The highest BCUT2D eigenvalue weighted by Crippen LogP contribution is 2.37. The van der Waals surface area contributed by atoms with Crippen molar-refractivity contribution in [2.24, 2.45) is 0 Å². The molecule has 2 aromatic rings. The number of carbonyl (C=O) groups excluding carboxylic acids is 1. The molecular formula is C20H24N3O5P. The van der Waals surface area contributed by atoms with E-state index in [1.807, 2.05) is 26.0 Å². The number of benzene rings is 1. The Kier molecular flexibility index (Phi) is 9.32. The molecule has 0 saturated carbocycles. The van der Waals surface area contributed by atoms with Crippen molar-refractivity contribution in [2.75, 3.05) is 31.3 Å². The third kappa shape index (κ3) is 6.99. The van der Waals surface area contributed by atoms with Crippen LogP contribution in [0.1, 0.15) is 35.5 Å². The number of aryl methyl sites for hydroxylation is 1. The van der Waals surface area contributed by atoms with E-state index >= 15 is 0 Å². The van der Waals surface area contributed by atoms with Gasteiger partial charge in [-0.3, -0.25) is 4.79 Å². The Morgan fingerprint density at radius 1 is 1.31 bits per heavy atom. The number of nitrogens with zero attached hydrogens (tertiary/aromatic N) is 2. The summed E-state index contributed by atoms with van der Waals surface area (Å²) in [6.45, 7) is 7.01. The maximum absolute atomic E-state index is 12.3. The molecule has 0 spiro atoms. The summed E-state index contributed by atoms with van der Waals surface area (Å²) in [6.07, 6.45) is 5.80. The zero-order chi connectivity index (χ0) is 21.1. The van der Waals surface area contributed by atoms with Gasteiger partial charge >= 0.3 is 0 Å². The second kappa shape index (κ2) is 12.0. The Bertz CT molecular complexity index is 869. The zero-order valence-electron chi connectivity index (χ0n) is 16.7. The Balaban J connectivity index is 1.96. The van der Waals surface area contributed by atoms with Crippen molar-refractivity contribution in [1.29, 1.82) is 5.26 Å². The van der Waals surface area contributed by atoms with Gasteiger partial charge in [-0.2, -0.15) is 5.26 Å². The normalized spacial score (nSPS) is 11.0. The molecule has 0 fully saturated rings. The zero-order valence-corrected chi connectivity index (χ0v) is 17.6. The summed E-state index contributed by atoms with van der Waals surface area (Å²) in [7, 11) is -0.932. The van der Waals surface area contributed by atoms with Gasteiger partial charge in [0.15, 0.2) is 8.38 Å². The van der Waals surface area contributed by atoms with E-state index in [-0.39, 0.29) is 12.5 Å². The predicted octanol–water partition coefficient (Wildman–Crippen LogP) is 4.43. The first kappa shape index (κ1) is 22.6. The van der Waals surface area contributed by atoms with Crippen molar-refractivity contribution in [1.82, 2.24) is 5.16 Å². The predicted molar refractivity (Wildman–Crippen MR) is 110 cm³/mol. The highest BCUT2D eigenvalue weighted by Gasteiger charge is 2.14. The molecule has 1 N–H and O–H groups in total. The number of hydrogen-bond donors (Lipinski definition) is 1. The molecule has 154 valence electrons. The molecule has 2 rings (SSSR count). The minimum atomic E-state index is -0.932. The fourth-order valence-corrected chi connectivity index (χ4v) is 3.51. The van der Waals surface area contributed by atoms with Crippen molar-refractivity contribution in [3.63, 3.8) is 0 Å². The number of allylic oxidation sites excluding steroid dienone is 1. The molecule has 0 aliphatic carbocycles. The Labute approximate surface area is 171 Å². The van der Waals surface area contributed by atoms with E-state index in [4.69, 9.17) is 18.3 Å². The lowest BCUT2D eigenvalue weighted by molar-refractivity contribution is 0.102. The molecule has 0 saturated heterocycles. The maximum Gasteiger partial charge on any atom is 0.260 e. The van der Waals surface area contributed by atoms with Gasteiger partial charge in [0.25, 0.3) is 5.91 Å². The van der Waals surface area contributed by atoms with Crippen LogP contribution in [0.5, 0.6) is 5.75 Å². The van der Waals surface area contributed by atoms with E-state index in [9.17, 15) is 10.1 Å². The van der Waals surface area contributed by atoms with Crippen LogP contribution in [0.4, 0.5) is 5.69 Å². The van der Waals surface area contributed by atoms with Crippen molar-refractivity contribution >= 4 is 20.0 Å². The van der Waals surface area contributed by atoms with Crippen molar-refractivity contribution in [3.05, 3.63) is 53.4 Å². The lowest BCUT2D eigenvalue weighted by Gasteiger charge is -2.13. The fraction of sp³-hybridized carbons (Fsp3) is 0.350. The van der Waals surface area contributed by atoms with Crippen LogP contribution in [0.25, 0.3) is 0 Å². The molecule has 29 heavy (non-hydrogen) atoms. The molecule has 0 aliphatic rings. The molecule has 9 heteroatoms. The minimum Gasteiger partial charge on any atom is -0.488 e. The van der Waals surface area contributed by atoms with Gasteiger partial charge in [0.2, 0.25) is 0 Å². The van der Waals surface area contributed by atoms with E-state index in [1.54, 1.807) is 25.1 Å². The first-order chi connectivity index (χ1) is 14.1. The second-order valence-corrected chi connectivity index (χ2v) is 7.25. The van der Waals surface area contributed by atoms with Crippen molar-refractivity contribution in [2.45, 2.75) is 20.8 Å². The van der Waals surface area contributed by atoms with Crippen LogP contribution in [0, 0.1) is 18.3 Å². The van der Waals surface area contributed by atoms with Crippen LogP contribution < -0.4 is 10.1 Å². The largest absolute Gasteiger partial charge is 0.488 e. The van der Waals surface area contributed by atoms with Crippen LogP contribution in [-0.4, -0.2) is 37.0 Å². The summed E-state index contributed by atoms with van der Waals surface area (Å²) in [5.74, 6) is 0.463. The first-order valence-corrected chi connectivity index (χ1v) is 10.5. The number of rotatable bonds is 11. The molecule has 0 bridgehead atoms. The summed E-state index contributed by atoms with van der Waals surface area (Å²) in [5, 5.41) is 15.6. The Morgan fingerprint density at radius 3 is 2.69 bits per heavy atom. The van der Waals surface area contributed by atoms with Crippen LogP contribution in [0.3, 0.4) is 0 Å². The summed E-state index contributed by atoms with van der Waals surface area (Å²) in [5.41, 5.74) is 1.23. The Morgan fingerprint density at radius 2 is 2.07 bits per heavy atom. The van der Waals surface area contributed by atoms with Gasteiger partial charge in [0, 0.05) is 17.9 Å². The van der Waals surface area contributed by atoms with Crippen LogP contribution >= 0.6 is 8.38 Å². The van der Waals surface area contributed by atoms with Gasteiger partial charge in [-0.15, -0.1) is 0 Å². The Hall–Kier alpha value is -2.72. The van der Waals surface area contributed by atoms with Crippen LogP contribution in [0.2, 0.25) is 0 Å². The van der Waals surface area contributed by atoms with E-state index in [1.165, 1.54) is 6.20 Å². The third-order valence-corrected chi connectivity index (χ3v) is 5.26. The summed E-state index contributed by atoms with van der Waals surface area (Å²) in [6, 6.07) is 6.93. The van der Waals surface area contributed by atoms with E-state index in [0.29, 0.717) is 47.7 Å². The lowest BCUT2D eigenvalue weighted by Crippen LogP contribution is -2.12. The van der Waals surface area contributed by atoms with Crippen LogP contribution in [0.15, 0.2) is 41.1 Å². The summed E-state index contributed by atoms with van der Waals surface area (Å²) >= 11 is 0. The van der Waals surface area contributed by atoms with Gasteiger partial charge in [-0.25, -0.2) is 0 Å². The number of nitriles is 1. The average Bonchev–Trinajstić information content (AvgIpc) is 3.14. The number of anilines is 1.